The van der Waals surface area contributed by atoms with Crippen molar-refractivity contribution < 1.29 is 18.3 Å². The van der Waals surface area contributed by atoms with Gasteiger partial charge in [0, 0.05) is 19.8 Å². The molecule has 0 amide bonds. The number of rotatable bonds is 10. The van der Waals surface area contributed by atoms with Gasteiger partial charge in [0.05, 0.1) is 18.1 Å². The van der Waals surface area contributed by atoms with Crippen LogP contribution in [0.1, 0.15) is 19.8 Å². The normalized spacial score (nSPS) is 13.9. The van der Waals surface area contributed by atoms with Gasteiger partial charge in [-0.15, -0.1) is 0 Å². The number of ether oxygens (including phenoxy) is 1. The van der Waals surface area contributed by atoms with Crippen LogP contribution in [0.3, 0.4) is 0 Å². The number of hydrogen-bond donors (Lipinski definition) is 2. The number of sulfone groups is 1. The van der Waals surface area contributed by atoms with Crippen LogP contribution in [-0.4, -0.2) is 57.9 Å². The van der Waals surface area contributed by atoms with Crippen LogP contribution < -0.4 is 5.32 Å². The maximum absolute atomic E-state index is 11.6. The highest BCUT2D eigenvalue weighted by Gasteiger charge is 2.18. The molecule has 0 aromatic heterocycles. The lowest BCUT2D eigenvalue weighted by Gasteiger charge is -2.17. The Morgan fingerprint density at radius 1 is 1.44 bits per heavy atom. The predicted octanol–water partition coefficient (Wildman–Crippen LogP) is -0.202. The molecule has 0 aliphatic heterocycles. The van der Waals surface area contributed by atoms with Crippen LogP contribution in [0.4, 0.5) is 0 Å². The second-order valence-corrected chi connectivity index (χ2v) is 6.00. The van der Waals surface area contributed by atoms with Crippen molar-refractivity contribution in [2.75, 3.05) is 38.4 Å². The maximum atomic E-state index is 11.6. The van der Waals surface area contributed by atoms with Crippen molar-refractivity contribution in [3.05, 3.63) is 0 Å². The van der Waals surface area contributed by atoms with Gasteiger partial charge in [0.15, 0.2) is 9.84 Å². The lowest BCUT2D eigenvalue weighted by molar-refractivity contribution is 0.217. The quantitative estimate of drug-likeness (QED) is 0.564. The molecule has 0 fully saturated rings. The first-order chi connectivity index (χ1) is 7.55. The molecule has 5 nitrogen and oxygen atoms in total. The third-order valence-corrected chi connectivity index (χ3v) is 3.91. The van der Waals surface area contributed by atoms with E-state index in [4.69, 9.17) is 9.84 Å². The molecule has 0 aromatic rings. The van der Waals surface area contributed by atoms with Crippen LogP contribution in [0.2, 0.25) is 0 Å². The summed E-state index contributed by atoms with van der Waals surface area (Å²) in [7, 11) is -1.61. The Bertz CT molecular complexity index is 254. The summed E-state index contributed by atoms with van der Waals surface area (Å²) in [6.07, 6.45) is 1.41. The Balaban J connectivity index is 4.14. The van der Waals surface area contributed by atoms with Crippen LogP contribution in [-0.2, 0) is 14.6 Å². The number of methoxy groups -OCH3 is 1. The second kappa shape index (κ2) is 8.92. The fourth-order valence-electron chi connectivity index (χ4n) is 1.35. The second-order valence-electron chi connectivity index (χ2n) is 3.77. The van der Waals surface area contributed by atoms with Crippen molar-refractivity contribution in [1.29, 1.82) is 0 Å². The zero-order valence-corrected chi connectivity index (χ0v) is 10.9. The van der Waals surface area contributed by atoms with E-state index in [1.54, 1.807) is 0 Å². The highest BCUT2D eigenvalue weighted by molar-refractivity contribution is 7.91. The first kappa shape index (κ1) is 15.8. The van der Waals surface area contributed by atoms with E-state index in [1.165, 1.54) is 7.11 Å². The van der Waals surface area contributed by atoms with E-state index < -0.39 is 9.84 Å². The van der Waals surface area contributed by atoms with Gasteiger partial charge in [0.1, 0.15) is 0 Å². The highest BCUT2D eigenvalue weighted by atomic mass is 32.2. The van der Waals surface area contributed by atoms with E-state index in [-0.39, 0.29) is 30.8 Å². The Kier molecular flexibility index (Phi) is 8.83. The molecule has 6 heteroatoms. The summed E-state index contributed by atoms with van der Waals surface area (Å²) >= 11 is 0. The Labute approximate surface area is 98.1 Å². The van der Waals surface area contributed by atoms with Gasteiger partial charge in [-0.25, -0.2) is 8.42 Å². The van der Waals surface area contributed by atoms with E-state index >= 15 is 0 Å². The topological polar surface area (TPSA) is 75.6 Å². The molecule has 0 rings (SSSR count). The molecule has 0 aliphatic rings. The van der Waals surface area contributed by atoms with Gasteiger partial charge in [-0.1, -0.05) is 6.92 Å². The molecule has 16 heavy (non-hydrogen) atoms. The molecule has 0 saturated heterocycles. The van der Waals surface area contributed by atoms with Crippen molar-refractivity contribution >= 4 is 9.84 Å². The van der Waals surface area contributed by atoms with Crippen molar-refractivity contribution in [3.63, 3.8) is 0 Å². The van der Waals surface area contributed by atoms with Gasteiger partial charge < -0.3 is 15.2 Å². The average molecular weight is 253 g/mol. The van der Waals surface area contributed by atoms with Crippen LogP contribution in [0.15, 0.2) is 0 Å². The standard InChI is InChI=1S/C10H23NO4S/c1-3-5-11-10(4-6-12)9-16(13,14)8-7-15-2/h10-12H,3-9H2,1-2H3. The monoisotopic (exact) mass is 253 g/mol. The molecule has 1 atom stereocenters. The van der Waals surface area contributed by atoms with E-state index in [1.807, 2.05) is 6.92 Å². The van der Waals surface area contributed by atoms with Gasteiger partial charge in [-0.2, -0.15) is 0 Å². The lowest BCUT2D eigenvalue weighted by Crippen LogP contribution is -2.38. The Morgan fingerprint density at radius 2 is 2.12 bits per heavy atom. The van der Waals surface area contributed by atoms with Crippen LogP contribution in [0.25, 0.3) is 0 Å². The molecule has 0 aromatic carbocycles. The zero-order chi connectivity index (χ0) is 12.4. The van der Waals surface area contributed by atoms with Gasteiger partial charge in [-0.3, -0.25) is 0 Å². The molecule has 98 valence electrons. The van der Waals surface area contributed by atoms with Gasteiger partial charge in [0.25, 0.3) is 0 Å². The SMILES string of the molecule is CCCNC(CCO)CS(=O)(=O)CCOC. The molecule has 0 aliphatic carbocycles. The number of aliphatic hydroxyl groups is 1. The predicted molar refractivity (Wildman–Crippen MR) is 64.3 cm³/mol. The lowest BCUT2D eigenvalue weighted by atomic mass is 10.2. The van der Waals surface area contributed by atoms with Gasteiger partial charge in [0.2, 0.25) is 0 Å². The minimum atomic E-state index is -3.09. The van der Waals surface area contributed by atoms with E-state index in [0.29, 0.717) is 6.42 Å². The molecule has 2 N–H and O–H groups in total. The van der Waals surface area contributed by atoms with Crippen LogP contribution >= 0.6 is 0 Å². The largest absolute Gasteiger partial charge is 0.396 e. The van der Waals surface area contributed by atoms with Crippen molar-refractivity contribution in [3.8, 4) is 0 Å². The first-order valence-corrected chi connectivity index (χ1v) is 7.41. The fraction of sp³-hybridized carbons (Fsp3) is 1.00. The molecule has 0 saturated carbocycles. The summed E-state index contributed by atoms with van der Waals surface area (Å²) in [6.45, 7) is 3.01. The number of nitrogens with one attached hydrogen (secondary N) is 1. The Hall–Kier alpha value is -0.170. The molecular weight excluding hydrogens is 230 g/mol. The Morgan fingerprint density at radius 3 is 2.62 bits per heavy atom. The zero-order valence-electron chi connectivity index (χ0n) is 10.1. The third kappa shape index (κ3) is 8.04. The van der Waals surface area contributed by atoms with Gasteiger partial charge in [-0.05, 0) is 19.4 Å². The molecule has 0 radical (unpaired) electrons. The summed E-state index contributed by atoms with van der Waals surface area (Å²) < 4.78 is 28.0. The summed E-state index contributed by atoms with van der Waals surface area (Å²) in [6, 6.07) is -0.160. The van der Waals surface area contributed by atoms with E-state index in [2.05, 4.69) is 5.32 Å². The molecular formula is C10H23NO4S. The number of hydrogen-bond acceptors (Lipinski definition) is 5. The summed E-state index contributed by atoms with van der Waals surface area (Å²) in [5.74, 6) is 0.107. The van der Waals surface area contributed by atoms with E-state index in [9.17, 15) is 8.42 Å². The molecule has 0 spiro atoms. The molecule has 0 heterocycles. The first-order valence-electron chi connectivity index (χ1n) is 5.59. The van der Waals surface area contributed by atoms with Crippen molar-refractivity contribution in [2.24, 2.45) is 0 Å². The maximum Gasteiger partial charge on any atom is 0.154 e. The number of aliphatic hydroxyl groups excluding tert-OH is 1. The minimum Gasteiger partial charge on any atom is -0.396 e. The summed E-state index contributed by atoms with van der Waals surface area (Å²) in [5, 5.41) is 12.0. The highest BCUT2D eigenvalue weighted by Crippen LogP contribution is 2.00. The van der Waals surface area contributed by atoms with Crippen molar-refractivity contribution in [1.82, 2.24) is 5.32 Å². The average Bonchev–Trinajstić information content (AvgIpc) is 2.23. The third-order valence-electron chi connectivity index (χ3n) is 2.21. The summed E-state index contributed by atoms with van der Waals surface area (Å²) in [4.78, 5) is 0. The molecule has 0 bridgehead atoms. The van der Waals surface area contributed by atoms with Crippen molar-refractivity contribution in [2.45, 2.75) is 25.8 Å². The van der Waals surface area contributed by atoms with Crippen LogP contribution in [0.5, 0.6) is 0 Å². The minimum absolute atomic E-state index is 0.00117. The fourth-order valence-corrected chi connectivity index (χ4v) is 2.83. The van der Waals surface area contributed by atoms with Gasteiger partial charge >= 0.3 is 0 Å². The van der Waals surface area contributed by atoms with E-state index in [0.717, 1.165) is 13.0 Å². The van der Waals surface area contributed by atoms with Crippen LogP contribution in [0, 0.1) is 0 Å². The molecule has 1 unspecified atom stereocenters. The summed E-state index contributed by atoms with van der Waals surface area (Å²) in [5.41, 5.74) is 0. The smallest absolute Gasteiger partial charge is 0.154 e.